The Bertz CT molecular complexity index is 579. The molecule has 3 rings (SSSR count). The van der Waals surface area contributed by atoms with E-state index in [0.717, 1.165) is 31.4 Å². The molecule has 1 saturated heterocycles. The fourth-order valence-corrected chi connectivity index (χ4v) is 2.62. The number of rotatable bonds is 2. The molecular weight excluding hydrogens is 252 g/mol. The number of nitrogens with one attached hydrogen (secondary N) is 1. The average Bonchev–Trinajstić information content (AvgIpc) is 3.08. The van der Waals surface area contributed by atoms with E-state index < -0.39 is 0 Å². The molecule has 1 aliphatic heterocycles. The Hall–Kier alpha value is -1.98. The molecule has 1 aliphatic rings. The van der Waals surface area contributed by atoms with Gasteiger partial charge in [0.05, 0.1) is 13.2 Å². The first kappa shape index (κ1) is 11.1. The zero-order valence-electron chi connectivity index (χ0n) is 9.46. The van der Waals surface area contributed by atoms with Gasteiger partial charge in [0.2, 0.25) is 0 Å². The van der Waals surface area contributed by atoms with E-state index in [0.29, 0.717) is 17.1 Å². The van der Waals surface area contributed by atoms with Crippen LogP contribution in [-0.2, 0) is 4.74 Å². The van der Waals surface area contributed by atoms with Crippen molar-refractivity contribution in [2.24, 2.45) is 0 Å². The van der Waals surface area contributed by atoms with Crippen molar-refractivity contribution < 1.29 is 4.74 Å². The van der Waals surface area contributed by atoms with Gasteiger partial charge >= 0.3 is 0 Å². The SMILES string of the molecule is N#Cc1[nH]nnc1-c1csc(N2CCOCC2)n1. The molecule has 7 nitrogen and oxygen atoms in total. The summed E-state index contributed by atoms with van der Waals surface area (Å²) in [6.07, 6.45) is 0. The molecular formula is C10H10N6OS. The molecule has 0 aromatic carbocycles. The molecule has 0 aliphatic carbocycles. The third-order valence-corrected chi connectivity index (χ3v) is 3.58. The zero-order chi connectivity index (χ0) is 12.4. The molecule has 0 bridgehead atoms. The maximum Gasteiger partial charge on any atom is 0.186 e. The van der Waals surface area contributed by atoms with Crippen LogP contribution in [0.5, 0.6) is 0 Å². The number of nitriles is 1. The van der Waals surface area contributed by atoms with Crippen molar-refractivity contribution in [2.45, 2.75) is 0 Å². The van der Waals surface area contributed by atoms with E-state index in [-0.39, 0.29) is 0 Å². The summed E-state index contributed by atoms with van der Waals surface area (Å²) >= 11 is 1.54. The monoisotopic (exact) mass is 262 g/mol. The zero-order valence-corrected chi connectivity index (χ0v) is 10.3. The Morgan fingerprint density at radius 2 is 2.28 bits per heavy atom. The molecule has 0 unspecified atom stereocenters. The first-order valence-corrected chi connectivity index (χ1v) is 6.36. The van der Waals surface area contributed by atoms with Gasteiger partial charge in [0, 0.05) is 18.5 Å². The average molecular weight is 262 g/mol. The molecule has 0 radical (unpaired) electrons. The molecule has 8 heteroatoms. The van der Waals surface area contributed by atoms with Gasteiger partial charge in [0.15, 0.2) is 10.8 Å². The maximum atomic E-state index is 8.91. The number of morpholine rings is 1. The highest BCUT2D eigenvalue weighted by atomic mass is 32.1. The number of thiazole rings is 1. The van der Waals surface area contributed by atoms with Crippen molar-refractivity contribution in [1.29, 1.82) is 5.26 Å². The summed E-state index contributed by atoms with van der Waals surface area (Å²) < 4.78 is 5.30. The maximum absolute atomic E-state index is 8.91. The van der Waals surface area contributed by atoms with Crippen LogP contribution in [0.3, 0.4) is 0 Å². The predicted octanol–water partition coefficient (Wildman–Crippen LogP) is 0.636. The molecule has 0 saturated carbocycles. The van der Waals surface area contributed by atoms with Crippen molar-refractivity contribution in [2.75, 3.05) is 31.2 Å². The lowest BCUT2D eigenvalue weighted by Crippen LogP contribution is -2.36. The van der Waals surface area contributed by atoms with E-state index in [1.54, 1.807) is 11.3 Å². The lowest BCUT2D eigenvalue weighted by atomic mass is 10.3. The second-order valence-electron chi connectivity index (χ2n) is 3.76. The summed E-state index contributed by atoms with van der Waals surface area (Å²) in [5.41, 5.74) is 1.54. The molecule has 1 N–H and O–H groups in total. The van der Waals surface area contributed by atoms with Crippen molar-refractivity contribution in [1.82, 2.24) is 20.4 Å². The largest absolute Gasteiger partial charge is 0.378 e. The minimum Gasteiger partial charge on any atom is -0.378 e. The summed E-state index contributed by atoms with van der Waals surface area (Å²) in [6.45, 7) is 3.14. The van der Waals surface area contributed by atoms with Gasteiger partial charge in [-0.25, -0.2) is 10.1 Å². The number of H-pyrrole nitrogens is 1. The number of nitrogens with zero attached hydrogens (tertiary/aromatic N) is 5. The number of aromatic amines is 1. The van der Waals surface area contributed by atoms with Gasteiger partial charge in [-0.3, -0.25) is 0 Å². The number of hydrogen-bond acceptors (Lipinski definition) is 7. The summed E-state index contributed by atoms with van der Waals surface area (Å²) in [4.78, 5) is 6.67. The van der Waals surface area contributed by atoms with E-state index in [4.69, 9.17) is 10.00 Å². The molecule has 1 fully saturated rings. The van der Waals surface area contributed by atoms with Crippen molar-refractivity contribution in [3.05, 3.63) is 11.1 Å². The highest BCUT2D eigenvalue weighted by molar-refractivity contribution is 7.14. The minimum absolute atomic E-state index is 0.342. The summed E-state index contributed by atoms with van der Waals surface area (Å²) in [5.74, 6) is 0. The van der Waals surface area contributed by atoms with Crippen LogP contribution < -0.4 is 4.90 Å². The van der Waals surface area contributed by atoms with Gasteiger partial charge < -0.3 is 9.64 Å². The smallest absolute Gasteiger partial charge is 0.186 e. The Morgan fingerprint density at radius 3 is 3.06 bits per heavy atom. The van der Waals surface area contributed by atoms with Crippen LogP contribution in [0.4, 0.5) is 5.13 Å². The van der Waals surface area contributed by atoms with Gasteiger partial charge in [-0.05, 0) is 0 Å². The van der Waals surface area contributed by atoms with Crippen LogP contribution in [0.2, 0.25) is 0 Å². The van der Waals surface area contributed by atoms with Crippen molar-refractivity contribution >= 4 is 16.5 Å². The van der Waals surface area contributed by atoms with Crippen LogP contribution in [0.1, 0.15) is 5.69 Å². The quantitative estimate of drug-likeness (QED) is 0.854. The molecule has 0 spiro atoms. The number of hydrogen-bond donors (Lipinski definition) is 1. The third kappa shape index (κ3) is 1.94. The number of anilines is 1. The fraction of sp³-hybridized carbons (Fsp3) is 0.400. The van der Waals surface area contributed by atoms with Gasteiger partial charge in [-0.1, -0.05) is 5.21 Å². The first-order chi connectivity index (χ1) is 8.88. The lowest BCUT2D eigenvalue weighted by Gasteiger charge is -2.25. The highest BCUT2D eigenvalue weighted by Crippen LogP contribution is 2.27. The normalized spacial score (nSPS) is 15.6. The first-order valence-electron chi connectivity index (χ1n) is 5.48. The van der Waals surface area contributed by atoms with Crippen LogP contribution >= 0.6 is 11.3 Å². The second-order valence-corrected chi connectivity index (χ2v) is 4.60. The predicted molar refractivity (Wildman–Crippen MR) is 65.2 cm³/mol. The van der Waals surface area contributed by atoms with Crippen LogP contribution in [0.25, 0.3) is 11.4 Å². The Kier molecular flexibility index (Phi) is 2.92. The van der Waals surface area contributed by atoms with E-state index in [9.17, 15) is 0 Å². The third-order valence-electron chi connectivity index (χ3n) is 2.68. The van der Waals surface area contributed by atoms with E-state index in [1.807, 2.05) is 11.4 Å². The van der Waals surface area contributed by atoms with Gasteiger partial charge in [-0.15, -0.1) is 16.4 Å². The van der Waals surface area contributed by atoms with E-state index in [1.165, 1.54) is 0 Å². The van der Waals surface area contributed by atoms with Crippen molar-refractivity contribution in [3.8, 4) is 17.5 Å². The topological polar surface area (TPSA) is 90.7 Å². The van der Waals surface area contributed by atoms with Crippen LogP contribution in [0.15, 0.2) is 5.38 Å². The molecule has 2 aromatic rings. The highest BCUT2D eigenvalue weighted by Gasteiger charge is 2.17. The van der Waals surface area contributed by atoms with Crippen LogP contribution in [-0.4, -0.2) is 46.7 Å². The Labute approximate surface area is 107 Å². The number of ether oxygens (including phenoxy) is 1. The Balaban J connectivity index is 1.87. The molecule has 18 heavy (non-hydrogen) atoms. The van der Waals surface area contributed by atoms with Crippen LogP contribution in [0, 0.1) is 11.3 Å². The molecule has 0 atom stereocenters. The van der Waals surface area contributed by atoms with Crippen molar-refractivity contribution in [3.63, 3.8) is 0 Å². The summed E-state index contributed by atoms with van der Waals surface area (Å²) in [7, 11) is 0. The summed E-state index contributed by atoms with van der Waals surface area (Å²) in [5, 5.41) is 21.8. The van der Waals surface area contributed by atoms with E-state index in [2.05, 4.69) is 25.3 Å². The Morgan fingerprint density at radius 1 is 1.44 bits per heavy atom. The van der Waals surface area contributed by atoms with E-state index >= 15 is 0 Å². The molecule has 92 valence electrons. The molecule has 3 heterocycles. The van der Waals surface area contributed by atoms with Gasteiger partial charge in [0.25, 0.3) is 0 Å². The lowest BCUT2D eigenvalue weighted by molar-refractivity contribution is 0.122. The second kappa shape index (κ2) is 4.72. The standard InChI is InChI=1S/C10H10N6OS/c11-5-7-9(14-15-13-7)8-6-18-10(12-8)16-1-3-17-4-2-16/h6H,1-4H2,(H,13,14,15). The molecule has 2 aromatic heterocycles. The fourth-order valence-electron chi connectivity index (χ4n) is 1.76. The number of aromatic nitrogens is 4. The van der Waals surface area contributed by atoms with Gasteiger partial charge in [0.1, 0.15) is 17.5 Å². The van der Waals surface area contributed by atoms with Gasteiger partial charge in [-0.2, -0.15) is 5.26 Å². The summed E-state index contributed by atoms with van der Waals surface area (Å²) in [6, 6.07) is 2.01. The molecule has 0 amide bonds. The minimum atomic E-state index is 0.342.